The summed E-state index contributed by atoms with van der Waals surface area (Å²) in [5.74, 6) is 5.71. The maximum atomic E-state index is 6.88. The average Bonchev–Trinajstić information content (AvgIpc) is 2.64. The highest BCUT2D eigenvalue weighted by atomic mass is 16.5. The SMILES string of the molecule is CCCCCOc1cc2c(cc1OCCCCC)c1cc(OCCCCCCC3c4ccccc4-c4ccccc43)c(OCCCCC)cc1c1cc(OCCCCC)c(OCCCCCCC3c4ccccc4-c4ccccc43)cc21. The zero-order valence-corrected chi connectivity index (χ0v) is 50.1. The number of fused-ring (bicyclic) bond motifs is 12. The summed E-state index contributed by atoms with van der Waals surface area (Å²) in [5, 5.41) is 6.59. The molecule has 432 valence electrons. The molecule has 0 N–H and O–H groups in total. The molecular weight excluding hydrogens is 1010 g/mol. The number of ether oxygens (including phenoxy) is 6. The molecule has 6 heteroatoms. The summed E-state index contributed by atoms with van der Waals surface area (Å²) in [6.07, 6.45) is 24.2. The molecule has 0 saturated heterocycles. The van der Waals surface area contributed by atoms with Gasteiger partial charge in [-0.25, -0.2) is 0 Å². The second-order valence-corrected chi connectivity index (χ2v) is 23.3. The number of benzene rings is 8. The Morgan fingerprint density at radius 2 is 0.451 bits per heavy atom. The predicted octanol–water partition coefficient (Wildman–Crippen LogP) is 21.7. The Kier molecular flexibility index (Phi) is 21.5. The van der Waals surface area contributed by atoms with Crippen LogP contribution in [0.4, 0.5) is 0 Å². The van der Waals surface area contributed by atoms with E-state index < -0.39 is 0 Å². The van der Waals surface area contributed by atoms with Crippen LogP contribution in [0.15, 0.2) is 133 Å². The third-order valence-electron chi connectivity index (χ3n) is 17.4. The Hall–Kier alpha value is -6.66. The first kappa shape index (κ1) is 58.5. The lowest BCUT2D eigenvalue weighted by Crippen LogP contribution is -2.05. The minimum atomic E-state index is 0.472. The standard InChI is InChI=1S/C76H92O6/c1-5-9-27-43-77-71-49-65-66(50-72(71)78-44-28-10-6-2)70-54-76(82-48-32-16-14-18-34-56-59-37-21-25-41-63(59)64-42-26-22-38-60(56)64)74(80-46-30-12-8-4)52-68(70)67-51-73(79-45-29-11-7-3)75(53-69(65)67)81-47-31-15-13-17-33-55-57-35-19-23-39-61(57)62-40-24-20-36-58(55)62/h19-26,35-42,49-56H,5-18,27-34,43-48H2,1-4H3. The minimum Gasteiger partial charge on any atom is -0.490 e. The van der Waals surface area contributed by atoms with E-state index in [1.807, 2.05) is 0 Å². The van der Waals surface area contributed by atoms with Crippen LogP contribution >= 0.6 is 0 Å². The van der Waals surface area contributed by atoms with Crippen LogP contribution in [-0.4, -0.2) is 39.6 Å². The topological polar surface area (TPSA) is 55.4 Å². The fourth-order valence-corrected chi connectivity index (χ4v) is 12.9. The molecule has 6 nitrogen and oxygen atoms in total. The van der Waals surface area contributed by atoms with Crippen molar-refractivity contribution >= 4 is 32.3 Å². The Balaban J connectivity index is 0.926. The van der Waals surface area contributed by atoms with Crippen LogP contribution in [0.2, 0.25) is 0 Å². The number of rotatable bonds is 36. The Morgan fingerprint density at radius 1 is 0.244 bits per heavy atom. The number of unbranched alkanes of at least 4 members (excludes halogenated alkanes) is 14. The van der Waals surface area contributed by atoms with E-state index in [1.54, 1.807) is 0 Å². The molecule has 0 aliphatic heterocycles. The monoisotopic (exact) mass is 1100 g/mol. The Bertz CT molecular complexity index is 2990. The van der Waals surface area contributed by atoms with Crippen molar-refractivity contribution in [3.63, 3.8) is 0 Å². The number of hydrogen-bond acceptors (Lipinski definition) is 6. The summed E-state index contributed by atoms with van der Waals surface area (Å²) >= 11 is 0. The van der Waals surface area contributed by atoms with Gasteiger partial charge in [0.15, 0.2) is 34.5 Å². The van der Waals surface area contributed by atoms with Crippen LogP contribution in [0.5, 0.6) is 34.5 Å². The fourth-order valence-electron chi connectivity index (χ4n) is 12.9. The molecule has 0 atom stereocenters. The van der Waals surface area contributed by atoms with E-state index in [4.69, 9.17) is 28.4 Å². The van der Waals surface area contributed by atoms with Crippen LogP contribution in [0.1, 0.15) is 203 Å². The smallest absolute Gasteiger partial charge is 0.161 e. The summed E-state index contributed by atoms with van der Waals surface area (Å²) in [6.45, 7) is 12.8. The molecular formula is C76H92O6. The molecule has 0 unspecified atom stereocenters. The van der Waals surface area contributed by atoms with Gasteiger partial charge in [0.1, 0.15) is 0 Å². The van der Waals surface area contributed by atoms with Gasteiger partial charge in [-0.15, -0.1) is 0 Å². The normalized spacial score (nSPS) is 12.7. The van der Waals surface area contributed by atoms with Gasteiger partial charge in [0.05, 0.1) is 39.6 Å². The summed E-state index contributed by atoms with van der Waals surface area (Å²) < 4.78 is 40.7. The molecule has 2 aliphatic carbocycles. The maximum absolute atomic E-state index is 6.88. The van der Waals surface area contributed by atoms with Crippen LogP contribution in [0.3, 0.4) is 0 Å². The Morgan fingerprint density at radius 3 is 0.683 bits per heavy atom. The van der Waals surface area contributed by atoms with Gasteiger partial charge in [0, 0.05) is 11.8 Å². The van der Waals surface area contributed by atoms with Gasteiger partial charge in [-0.2, -0.15) is 0 Å². The summed E-state index contributed by atoms with van der Waals surface area (Å²) in [6, 6.07) is 49.5. The molecule has 0 amide bonds. The lowest BCUT2D eigenvalue weighted by atomic mass is 9.91. The molecule has 0 spiro atoms. The molecule has 0 saturated carbocycles. The van der Waals surface area contributed by atoms with Crippen molar-refractivity contribution in [2.24, 2.45) is 0 Å². The molecule has 8 aromatic carbocycles. The second-order valence-electron chi connectivity index (χ2n) is 23.3. The van der Waals surface area contributed by atoms with E-state index in [2.05, 4.69) is 161 Å². The van der Waals surface area contributed by atoms with Crippen LogP contribution < -0.4 is 28.4 Å². The molecule has 0 heterocycles. The van der Waals surface area contributed by atoms with Gasteiger partial charge < -0.3 is 28.4 Å². The molecule has 0 fully saturated rings. The Labute approximate surface area is 491 Å². The van der Waals surface area contributed by atoms with Crippen LogP contribution in [-0.2, 0) is 0 Å². The first-order valence-corrected chi connectivity index (χ1v) is 32.3. The highest BCUT2D eigenvalue weighted by Gasteiger charge is 2.29. The highest BCUT2D eigenvalue weighted by Crippen LogP contribution is 2.50. The van der Waals surface area contributed by atoms with Crippen LogP contribution in [0.25, 0.3) is 54.6 Å². The molecule has 0 bridgehead atoms. The third-order valence-corrected chi connectivity index (χ3v) is 17.4. The maximum Gasteiger partial charge on any atom is 0.161 e. The number of hydrogen-bond donors (Lipinski definition) is 0. The van der Waals surface area contributed by atoms with E-state index in [0.717, 1.165) is 170 Å². The van der Waals surface area contributed by atoms with Crippen molar-refractivity contribution in [2.45, 2.75) is 181 Å². The molecule has 2 aliphatic rings. The predicted molar refractivity (Wildman–Crippen MR) is 344 cm³/mol. The van der Waals surface area contributed by atoms with Gasteiger partial charge in [0.25, 0.3) is 0 Å². The van der Waals surface area contributed by atoms with Crippen molar-refractivity contribution in [3.8, 4) is 56.8 Å². The zero-order chi connectivity index (χ0) is 56.3. The summed E-state index contributed by atoms with van der Waals surface area (Å²) in [5.41, 5.74) is 11.6. The van der Waals surface area contributed by atoms with Crippen molar-refractivity contribution < 1.29 is 28.4 Å². The second kappa shape index (κ2) is 30.1. The van der Waals surface area contributed by atoms with Gasteiger partial charge in [-0.3, -0.25) is 0 Å². The summed E-state index contributed by atoms with van der Waals surface area (Å²) in [4.78, 5) is 0. The molecule has 0 radical (unpaired) electrons. The van der Waals surface area contributed by atoms with Crippen molar-refractivity contribution in [3.05, 3.63) is 156 Å². The highest BCUT2D eigenvalue weighted by molar-refractivity contribution is 6.27. The third kappa shape index (κ3) is 14.0. The van der Waals surface area contributed by atoms with E-state index in [0.29, 0.717) is 51.5 Å². The van der Waals surface area contributed by atoms with Crippen molar-refractivity contribution in [1.29, 1.82) is 0 Å². The van der Waals surface area contributed by atoms with E-state index >= 15 is 0 Å². The van der Waals surface area contributed by atoms with Crippen molar-refractivity contribution in [2.75, 3.05) is 39.6 Å². The van der Waals surface area contributed by atoms with Gasteiger partial charge in [0.2, 0.25) is 0 Å². The average molecular weight is 1100 g/mol. The molecule has 8 aromatic rings. The van der Waals surface area contributed by atoms with Crippen molar-refractivity contribution in [1.82, 2.24) is 0 Å². The van der Waals surface area contributed by atoms with Gasteiger partial charge in [-0.1, -0.05) is 215 Å². The van der Waals surface area contributed by atoms with Crippen LogP contribution in [0, 0.1) is 0 Å². The lowest BCUT2D eigenvalue weighted by molar-refractivity contribution is 0.259. The minimum absolute atomic E-state index is 0.472. The zero-order valence-electron chi connectivity index (χ0n) is 50.1. The first-order valence-electron chi connectivity index (χ1n) is 32.3. The fraction of sp³-hybridized carbons (Fsp3) is 0.447. The van der Waals surface area contributed by atoms with Gasteiger partial charge in [-0.05, 0) is 165 Å². The largest absolute Gasteiger partial charge is 0.490 e. The van der Waals surface area contributed by atoms with E-state index in [-0.39, 0.29) is 0 Å². The first-order chi connectivity index (χ1) is 40.6. The molecule has 0 aromatic heterocycles. The molecule has 10 rings (SSSR count). The van der Waals surface area contributed by atoms with Gasteiger partial charge >= 0.3 is 0 Å². The molecule has 82 heavy (non-hydrogen) atoms. The lowest BCUT2D eigenvalue weighted by Gasteiger charge is -2.21. The quantitative estimate of drug-likeness (QED) is 0.0288. The van der Waals surface area contributed by atoms with E-state index in [9.17, 15) is 0 Å². The summed E-state index contributed by atoms with van der Waals surface area (Å²) in [7, 11) is 0. The van der Waals surface area contributed by atoms with E-state index in [1.165, 1.54) is 83.0 Å².